The lowest BCUT2D eigenvalue weighted by Crippen LogP contribution is -2.60. The zero-order valence-corrected chi connectivity index (χ0v) is 10.9. The van der Waals surface area contributed by atoms with Gasteiger partial charge in [0.25, 0.3) is 0 Å². The molecule has 0 aromatic rings. The molecule has 0 radical (unpaired) electrons. The summed E-state index contributed by atoms with van der Waals surface area (Å²) in [6.45, 7) is 9.15. The highest BCUT2D eigenvalue weighted by Gasteiger charge is 2.63. The molecule has 4 aliphatic rings. The van der Waals surface area contributed by atoms with Gasteiger partial charge in [0.2, 0.25) is 0 Å². The lowest BCUT2D eigenvalue weighted by Gasteiger charge is -2.58. The molecule has 3 saturated carbocycles. The molecular formula is C13H23BO2. The number of hydrogen-bond acceptors (Lipinski definition) is 2. The van der Waals surface area contributed by atoms with Crippen LogP contribution in [0.15, 0.2) is 0 Å². The van der Waals surface area contributed by atoms with Crippen LogP contribution in [0, 0.1) is 23.7 Å². The first-order valence-electron chi connectivity index (χ1n) is 6.84. The molecule has 0 amide bonds. The van der Waals surface area contributed by atoms with E-state index in [2.05, 4.69) is 27.7 Å². The molecular weight excluding hydrogens is 199 g/mol. The highest BCUT2D eigenvalue weighted by atomic mass is 16.7. The quantitative estimate of drug-likeness (QED) is 0.668. The topological polar surface area (TPSA) is 18.5 Å². The van der Waals surface area contributed by atoms with E-state index in [1.54, 1.807) is 0 Å². The largest absolute Gasteiger partial charge is 0.457 e. The maximum absolute atomic E-state index is 6.26. The van der Waals surface area contributed by atoms with Gasteiger partial charge in [-0.3, -0.25) is 0 Å². The monoisotopic (exact) mass is 222 g/mol. The minimum Gasteiger partial charge on any atom is -0.405 e. The van der Waals surface area contributed by atoms with Gasteiger partial charge in [-0.15, -0.1) is 0 Å². The van der Waals surface area contributed by atoms with Crippen molar-refractivity contribution in [2.45, 2.75) is 58.6 Å². The highest BCUT2D eigenvalue weighted by Crippen LogP contribution is 2.59. The fourth-order valence-corrected chi connectivity index (χ4v) is 4.04. The van der Waals surface area contributed by atoms with E-state index in [1.165, 1.54) is 12.8 Å². The molecule has 0 aromatic heterocycles. The summed E-state index contributed by atoms with van der Waals surface area (Å²) in [6.07, 6.45) is 4.00. The maximum atomic E-state index is 6.26. The van der Waals surface area contributed by atoms with Crippen LogP contribution in [-0.4, -0.2) is 18.8 Å². The second-order valence-electron chi connectivity index (χ2n) is 6.68. The Morgan fingerprint density at radius 1 is 1.38 bits per heavy atom. The second kappa shape index (κ2) is 3.49. The van der Waals surface area contributed by atoms with Gasteiger partial charge in [-0.1, -0.05) is 20.8 Å². The fourth-order valence-electron chi connectivity index (χ4n) is 4.04. The standard InChI is InChI=1S/C13H23BO2/c1-8(2)7-14-15-12-6-10-5-11(9(10)3)13(12,4)16-14/h8-12H,5-7H2,1-4H3/t9-,10+,11?,12-,13+/m1/s1. The molecule has 1 saturated heterocycles. The van der Waals surface area contributed by atoms with E-state index in [4.69, 9.17) is 9.31 Å². The average Bonchev–Trinajstić information content (AvgIpc) is 2.50. The normalized spacial score (nSPS) is 50.4. The van der Waals surface area contributed by atoms with Crippen molar-refractivity contribution in [3.8, 4) is 0 Å². The minimum absolute atomic E-state index is 0.0216. The predicted octanol–water partition coefficient (Wildman–Crippen LogP) is 2.98. The average molecular weight is 222 g/mol. The van der Waals surface area contributed by atoms with Crippen molar-refractivity contribution in [2.75, 3.05) is 0 Å². The molecule has 2 nitrogen and oxygen atoms in total. The first-order chi connectivity index (χ1) is 7.50. The summed E-state index contributed by atoms with van der Waals surface area (Å²) in [6, 6.07) is 0. The van der Waals surface area contributed by atoms with Crippen molar-refractivity contribution in [3.05, 3.63) is 0 Å². The molecule has 4 fully saturated rings. The van der Waals surface area contributed by atoms with Crippen molar-refractivity contribution in [3.63, 3.8) is 0 Å². The van der Waals surface area contributed by atoms with E-state index >= 15 is 0 Å². The SMILES string of the molecule is CC(C)CB1O[C@@H]2C[C@@H]3CC([C@@H]3C)[C@]2(C)O1. The number of rotatable bonds is 2. The third-order valence-electron chi connectivity index (χ3n) is 5.19. The van der Waals surface area contributed by atoms with Crippen LogP contribution in [0.3, 0.4) is 0 Å². The van der Waals surface area contributed by atoms with Crippen LogP contribution in [-0.2, 0) is 9.31 Å². The molecule has 1 aliphatic heterocycles. The van der Waals surface area contributed by atoms with E-state index in [0.717, 1.165) is 24.1 Å². The Hall–Kier alpha value is -0.0151. The van der Waals surface area contributed by atoms with Gasteiger partial charge >= 0.3 is 7.12 Å². The summed E-state index contributed by atoms with van der Waals surface area (Å²) in [5, 5.41) is 0. The first kappa shape index (κ1) is 11.1. The van der Waals surface area contributed by atoms with Gasteiger partial charge in [0, 0.05) is 0 Å². The maximum Gasteiger partial charge on any atom is 0.457 e. The number of hydrogen-bond donors (Lipinski definition) is 0. The van der Waals surface area contributed by atoms with E-state index in [-0.39, 0.29) is 12.7 Å². The molecule has 3 heteroatoms. The van der Waals surface area contributed by atoms with Gasteiger partial charge in [-0.05, 0) is 49.8 Å². The first-order valence-corrected chi connectivity index (χ1v) is 6.84. The van der Waals surface area contributed by atoms with Crippen molar-refractivity contribution in [2.24, 2.45) is 23.7 Å². The molecule has 1 heterocycles. The molecule has 0 aromatic carbocycles. The van der Waals surface area contributed by atoms with Gasteiger partial charge in [-0.25, -0.2) is 0 Å². The van der Waals surface area contributed by atoms with Crippen LogP contribution in [0.2, 0.25) is 6.32 Å². The van der Waals surface area contributed by atoms with E-state index in [1.807, 2.05) is 0 Å². The van der Waals surface area contributed by atoms with Gasteiger partial charge in [0.05, 0.1) is 11.7 Å². The Morgan fingerprint density at radius 2 is 2.12 bits per heavy atom. The Labute approximate surface area is 99.2 Å². The Bertz CT molecular complexity index is 294. The van der Waals surface area contributed by atoms with Gasteiger partial charge in [0.1, 0.15) is 0 Å². The van der Waals surface area contributed by atoms with Gasteiger partial charge < -0.3 is 9.31 Å². The summed E-state index contributed by atoms with van der Waals surface area (Å²) >= 11 is 0. The summed E-state index contributed by atoms with van der Waals surface area (Å²) in [7, 11) is 0.0570. The highest BCUT2D eigenvalue weighted by molar-refractivity contribution is 6.45. The van der Waals surface area contributed by atoms with Crippen LogP contribution < -0.4 is 0 Å². The summed E-state index contributed by atoms with van der Waals surface area (Å²) < 4.78 is 12.4. The third-order valence-corrected chi connectivity index (χ3v) is 5.19. The lowest BCUT2D eigenvalue weighted by molar-refractivity contribution is -0.151. The van der Waals surface area contributed by atoms with Gasteiger partial charge in [0.15, 0.2) is 0 Å². The van der Waals surface area contributed by atoms with Crippen molar-refractivity contribution in [1.29, 1.82) is 0 Å². The summed E-state index contributed by atoms with van der Waals surface area (Å²) in [5.41, 5.74) is 0.0216. The van der Waals surface area contributed by atoms with Crippen LogP contribution in [0.25, 0.3) is 0 Å². The van der Waals surface area contributed by atoms with Crippen molar-refractivity contribution < 1.29 is 9.31 Å². The molecule has 5 atom stereocenters. The van der Waals surface area contributed by atoms with Gasteiger partial charge in [-0.2, -0.15) is 0 Å². The second-order valence-corrected chi connectivity index (χ2v) is 6.68. The van der Waals surface area contributed by atoms with Crippen LogP contribution in [0.5, 0.6) is 0 Å². The predicted molar refractivity (Wildman–Crippen MR) is 65.1 cm³/mol. The molecule has 3 aliphatic carbocycles. The Morgan fingerprint density at radius 3 is 2.75 bits per heavy atom. The van der Waals surface area contributed by atoms with E-state index in [0.29, 0.717) is 12.0 Å². The van der Waals surface area contributed by atoms with Crippen molar-refractivity contribution >= 4 is 7.12 Å². The Balaban J connectivity index is 1.74. The third kappa shape index (κ3) is 1.40. The smallest absolute Gasteiger partial charge is 0.405 e. The van der Waals surface area contributed by atoms with Crippen LogP contribution >= 0.6 is 0 Å². The molecule has 4 rings (SSSR count). The minimum atomic E-state index is 0.0216. The van der Waals surface area contributed by atoms with E-state index < -0.39 is 0 Å². The fraction of sp³-hybridized carbons (Fsp3) is 1.00. The molecule has 90 valence electrons. The Kier molecular flexibility index (Phi) is 2.42. The molecule has 1 unspecified atom stereocenters. The summed E-state index contributed by atoms with van der Waals surface area (Å²) in [4.78, 5) is 0. The zero-order chi connectivity index (χ0) is 11.5. The molecule has 0 N–H and O–H groups in total. The van der Waals surface area contributed by atoms with E-state index in [9.17, 15) is 0 Å². The van der Waals surface area contributed by atoms with Crippen LogP contribution in [0.1, 0.15) is 40.5 Å². The van der Waals surface area contributed by atoms with Crippen LogP contribution in [0.4, 0.5) is 0 Å². The van der Waals surface area contributed by atoms with Crippen molar-refractivity contribution in [1.82, 2.24) is 0 Å². The molecule has 16 heavy (non-hydrogen) atoms. The zero-order valence-electron chi connectivity index (χ0n) is 10.9. The molecule has 0 spiro atoms. The molecule has 2 bridgehead atoms. The lowest BCUT2D eigenvalue weighted by atomic mass is 9.51. The summed E-state index contributed by atoms with van der Waals surface area (Å²) in [5.74, 6) is 3.15.